The van der Waals surface area contributed by atoms with Gasteiger partial charge in [-0.25, -0.2) is 21.2 Å². The Bertz CT molecular complexity index is 2980. The van der Waals surface area contributed by atoms with E-state index in [2.05, 4.69) is 133 Å². The SMILES string of the molecule is CC(C)(C)OCCF.CC(C)(C)Sc1ccc(S(C)(=O)=O)cc1.CC(C)(C)n1cccn1.CCC.CCCCC(=O)c1ccc(OC(C)(C)C)cc1.CCCCOC(C)(C)C.CN1CCN(C(C)(C)C)CC1.COc1ccc(OC(C)(C)C)cc1.CS(=O)(=O)c1ccc(O)cc1. The lowest BCUT2D eigenvalue weighted by Gasteiger charge is -2.41. The van der Waals surface area contributed by atoms with E-state index in [0.29, 0.717) is 16.9 Å². The largest absolute Gasteiger partial charge is 0.508 e. The number of sulfone groups is 2. The number of thioether (sulfide) groups is 1. The lowest BCUT2D eigenvalue weighted by atomic mass is 10.1. The molecule has 96 heavy (non-hydrogen) atoms. The summed E-state index contributed by atoms with van der Waals surface area (Å²) in [6.07, 6.45) is 12.4. The first-order valence-corrected chi connectivity index (χ1v) is 38.3. The maximum absolute atomic E-state index is 11.8. The molecule has 15 nitrogen and oxygen atoms in total. The second kappa shape index (κ2) is 46.3. The van der Waals surface area contributed by atoms with Crippen LogP contribution in [0, 0.1) is 0 Å². The fourth-order valence-electron chi connectivity index (χ4n) is 7.35. The topological polar surface area (TPSA) is 176 Å². The molecule has 1 saturated heterocycles. The average Bonchev–Trinajstić information content (AvgIpc) is 1.31. The number of aromatic hydroxyl groups is 1. The molecule has 1 aliphatic heterocycles. The number of Topliss-reactive ketones (excluding diaryl/α,β-unsaturated/α-hetero) is 1. The molecule has 0 spiro atoms. The number of piperazine rings is 1. The van der Waals surface area contributed by atoms with Crippen LogP contribution in [0.4, 0.5) is 4.39 Å². The van der Waals surface area contributed by atoms with Gasteiger partial charge in [-0.1, -0.05) is 67.7 Å². The number of aromatic nitrogens is 2. The highest BCUT2D eigenvalue weighted by atomic mass is 32.2. The zero-order chi connectivity index (χ0) is 75.0. The van der Waals surface area contributed by atoms with E-state index >= 15 is 0 Å². The Hall–Kier alpha value is -5.02. The van der Waals surface area contributed by atoms with Crippen molar-refractivity contribution in [3.05, 3.63) is 121 Å². The van der Waals surface area contributed by atoms with Crippen LogP contribution in [0.1, 0.15) is 222 Å². The lowest BCUT2D eigenvalue weighted by Crippen LogP contribution is -2.52. The fraction of sp³-hybridized carbons (Fsp3) is 0.636. The molecule has 0 atom stereocenters. The Morgan fingerprint density at radius 1 is 0.552 bits per heavy atom. The summed E-state index contributed by atoms with van der Waals surface area (Å²) in [5.74, 6) is 2.81. The standard InChI is InChI=1S/C15H22O2.C11H16O2S2.C11H16O2.C9H20N2.C8H18O.C7H12N2.C7H8O3S.C6H13FO.C3H8/c1-5-6-7-14(16)12-8-10-13(11-9-12)17-15(2,3)4;1-11(2,3)14-9-5-7-10(8-6-9)15(4,12)13;1-11(2,3)13-10-7-5-9(12-4)6-8-10;1-9(2,3)11-7-5-10(4)6-8-11;1-5-6-7-9-8(2,3)4;1-7(2,3)9-6-4-5-8-9;1-11(9,10)7-4-2-6(8)3-5-7;1-6(2,3)8-5-4-7;1-3-2/h8-11H,5-7H2,1-4H3;5-8H,1-4H3;5-8H,1-4H3;5-8H2,1-4H3;5-7H2,1-4H3;4-6H,1-3H3;2-5,8H,1H3;4-5H2,1-3H3;3H2,1-2H3. The van der Waals surface area contributed by atoms with Gasteiger partial charge in [-0.15, -0.1) is 11.8 Å². The van der Waals surface area contributed by atoms with Gasteiger partial charge in [0.1, 0.15) is 40.9 Å². The zero-order valence-corrected chi connectivity index (χ0v) is 67.5. The Morgan fingerprint density at radius 2 is 0.948 bits per heavy atom. The van der Waals surface area contributed by atoms with Gasteiger partial charge < -0.3 is 33.7 Å². The van der Waals surface area contributed by atoms with Gasteiger partial charge in [0.25, 0.3) is 0 Å². The number of halogens is 1. The minimum absolute atomic E-state index is 0.0508. The predicted octanol–water partition coefficient (Wildman–Crippen LogP) is 19.3. The summed E-state index contributed by atoms with van der Waals surface area (Å²) in [7, 11) is -2.36. The Balaban J connectivity index is -0.00000103. The third-order valence-corrected chi connectivity index (χ3v) is 15.4. The van der Waals surface area contributed by atoms with Crippen molar-refractivity contribution in [2.75, 3.05) is 72.7 Å². The zero-order valence-electron chi connectivity index (χ0n) is 65.1. The van der Waals surface area contributed by atoms with Crippen LogP contribution in [0.25, 0.3) is 0 Å². The molecule has 552 valence electrons. The summed E-state index contributed by atoms with van der Waals surface area (Å²) < 4.78 is 84.5. The molecule has 6 rings (SSSR count). The van der Waals surface area contributed by atoms with Crippen molar-refractivity contribution in [2.24, 2.45) is 0 Å². The Morgan fingerprint density at radius 3 is 1.25 bits per heavy atom. The Kier molecular flexibility index (Phi) is 45.9. The molecule has 1 aromatic heterocycles. The monoisotopic (exact) mass is 1400 g/mol. The average molecular weight is 1410 g/mol. The van der Waals surface area contributed by atoms with Crippen molar-refractivity contribution in [3.8, 4) is 23.0 Å². The third-order valence-electron chi connectivity index (χ3n) is 12.1. The van der Waals surface area contributed by atoms with E-state index in [9.17, 15) is 26.0 Å². The number of ketones is 1. The summed E-state index contributed by atoms with van der Waals surface area (Å²) in [6.45, 7) is 57.8. The van der Waals surface area contributed by atoms with Gasteiger partial charge in [0.15, 0.2) is 25.5 Å². The van der Waals surface area contributed by atoms with Gasteiger partial charge in [-0.05, 0) is 248 Å². The van der Waals surface area contributed by atoms with Gasteiger partial charge in [0.2, 0.25) is 0 Å². The molecule has 4 aromatic carbocycles. The quantitative estimate of drug-likeness (QED) is 0.0595. The number of nitrogens with zero attached hydrogens (tertiary/aromatic N) is 4. The number of unbranched alkanes of at least 4 members (excludes halogenated alkanes) is 2. The van der Waals surface area contributed by atoms with E-state index in [1.807, 2.05) is 140 Å². The normalized spacial score (nSPS) is 13.0. The highest BCUT2D eigenvalue weighted by molar-refractivity contribution is 8.00. The number of carbonyl (C=O) groups excluding carboxylic acids is 1. The van der Waals surface area contributed by atoms with Crippen LogP contribution in [-0.2, 0) is 34.7 Å². The molecule has 0 unspecified atom stereocenters. The van der Waals surface area contributed by atoms with Crippen LogP contribution >= 0.6 is 11.8 Å². The Labute approximate surface area is 589 Å². The van der Waals surface area contributed by atoms with Crippen LogP contribution in [0.5, 0.6) is 23.0 Å². The second-order valence-corrected chi connectivity index (χ2v) is 36.1. The molecule has 0 amide bonds. The maximum atomic E-state index is 11.8. The second-order valence-electron chi connectivity index (χ2n) is 30.1. The van der Waals surface area contributed by atoms with Gasteiger partial charge >= 0.3 is 0 Å². The molecule has 0 bridgehead atoms. The van der Waals surface area contributed by atoms with Crippen LogP contribution in [0.2, 0.25) is 0 Å². The van der Waals surface area contributed by atoms with E-state index in [1.165, 1.54) is 76.0 Å². The molecule has 1 fully saturated rings. The number of phenols is 1. The molecule has 5 aromatic rings. The number of alkyl halides is 1. The van der Waals surface area contributed by atoms with E-state index in [-0.39, 0.29) is 55.7 Å². The smallest absolute Gasteiger partial charge is 0.175 e. The fourth-order valence-corrected chi connectivity index (χ4v) is 9.59. The molecule has 0 aliphatic carbocycles. The predicted molar refractivity (Wildman–Crippen MR) is 405 cm³/mol. The lowest BCUT2D eigenvalue weighted by molar-refractivity contribution is -0.00905. The number of rotatable bonds is 15. The minimum atomic E-state index is -3.13. The van der Waals surface area contributed by atoms with Crippen LogP contribution in [-0.4, -0.2) is 153 Å². The molecule has 2 heterocycles. The number of methoxy groups -OCH3 is 1. The van der Waals surface area contributed by atoms with Gasteiger partial charge in [-0.3, -0.25) is 14.4 Å². The van der Waals surface area contributed by atoms with Gasteiger partial charge in [0.05, 0.1) is 40.2 Å². The number of hydrogen-bond donors (Lipinski definition) is 1. The van der Waals surface area contributed by atoms with Gasteiger partial charge in [0, 0.05) is 84.9 Å². The van der Waals surface area contributed by atoms with E-state index in [4.69, 9.17) is 28.8 Å². The number of phenolic OH excluding ortho intramolecular Hbond substituents is 1. The highest BCUT2D eigenvalue weighted by Gasteiger charge is 2.24. The summed E-state index contributed by atoms with van der Waals surface area (Å²) in [5.41, 5.74) is 0.786. The number of benzene rings is 4. The summed E-state index contributed by atoms with van der Waals surface area (Å²) in [6, 6.07) is 29.4. The van der Waals surface area contributed by atoms with Crippen LogP contribution in [0.15, 0.2) is 130 Å². The molecular weight excluding hydrogens is 1270 g/mol. The van der Waals surface area contributed by atoms with Gasteiger partial charge in [-0.2, -0.15) is 5.10 Å². The van der Waals surface area contributed by atoms with Crippen LogP contribution in [0.3, 0.4) is 0 Å². The number of ether oxygens (including phenoxy) is 5. The summed E-state index contributed by atoms with van der Waals surface area (Å²) in [4.78, 5) is 18.4. The molecule has 0 radical (unpaired) electrons. The van der Waals surface area contributed by atoms with Crippen molar-refractivity contribution in [3.63, 3.8) is 0 Å². The molecule has 0 saturated carbocycles. The molecule has 1 N–H and O–H groups in total. The molecule has 1 aliphatic rings. The van der Waals surface area contributed by atoms with Crippen molar-refractivity contribution < 1.29 is 54.8 Å². The minimum Gasteiger partial charge on any atom is -0.508 e. The number of carbonyl (C=O) groups is 1. The first kappa shape index (κ1) is 95.2. The van der Waals surface area contributed by atoms with Crippen molar-refractivity contribution >= 4 is 37.2 Å². The van der Waals surface area contributed by atoms with E-state index < -0.39 is 26.3 Å². The molecule has 19 heteroatoms. The van der Waals surface area contributed by atoms with Crippen molar-refractivity contribution in [1.29, 1.82) is 0 Å². The summed E-state index contributed by atoms with van der Waals surface area (Å²) in [5, 5.41) is 12.9. The van der Waals surface area contributed by atoms with Crippen molar-refractivity contribution in [1.82, 2.24) is 19.6 Å². The first-order valence-electron chi connectivity index (χ1n) is 33.7. The summed E-state index contributed by atoms with van der Waals surface area (Å²) >= 11 is 1.73. The first-order chi connectivity index (χ1) is 43.8. The van der Waals surface area contributed by atoms with E-state index in [0.717, 1.165) is 53.4 Å². The third kappa shape index (κ3) is 54.9. The maximum Gasteiger partial charge on any atom is 0.175 e. The number of hydrogen-bond acceptors (Lipinski definition) is 15. The highest BCUT2D eigenvalue weighted by Crippen LogP contribution is 2.32. The van der Waals surface area contributed by atoms with Crippen molar-refractivity contribution in [2.45, 2.75) is 265 Å². The number of likely N-dealkylation sites (N-methyl/N-ethyl adjacent to an activating group) is 1. The molecular formula is C77H133FN4O11S3. The van der Waals surface area contributed by atoms with E-state index in [1.54, 1.807) is 37.2 Å². The van der Waals surface area contributed by atoms with Crippen LogP contribution < -0.4 is 14.2 Å².